The molecular formula is C30H40N2O4. The molecule has 1 N–H and O–H groups in total. The maximum atomic E-state index is 13.8. The highest BCUT2D eigenvalue weighted by molar-refractivity contribution is 5.94. The van der Waals surface area contributed by atoms with Crippen LogP contribution in [0.15, 0.2) is 48.5 Å². The number of fused-ring (bicyclic) bond motifs is 1. The largest absolute Gasteiger partial charge is 0.497 e. The molecule has 0 unspecified atom stereocenters. The highest BCUT2D eigenvalue weighted by Crippen LogP contribution is 2.38. The van der Waals surface area contributed by atoms with Crippen molar-refractivity contribution in [2.75, 3.05) is 26.8 Å². The van der Waals surface area contributed by atoms with Gasteiger partial charge in [-0.2, -0.15) is 0 Å². The van der Waals surface area contributed by atoms with Gasteiger partial charge >= 0.3 is 0 Å². The van der Waals surface area contributed by atoms with E-state index >= 15 is 0 Å². The van der Waals surface area contributed by atoms with Gasteiger partial charge in [-0.1, -0.05) is 38.5 Å². The van der Waals surface area contributed by atoms with Gasteiger partial charge in [0.2, 0.25) is 5.91 Å². The summed E-state index contributed by atoms with van der Waals surface area (Å²) in [6, 6.07) is 15.5. The van der Waals surface area contributed by atoms with E-state index in [9.17, 15) is 9.59 Å². The van der Waals surface area contributed by atoms with Crippen molar-refractivity contribution < 1.29 is 19.1 Å². The molecule has 6 heteroatoms. The Hall–Kier alpha value is -3.02. The molecule has 1 saturated heterocycles. The van der Waals surface area contributed by atoms with Gasteiger partial charge in [-0.25, -0.2) is 0 Å². The van der Waals surface area contributed by atoms with Crippen molar-refractivity contribution in [3.05, 3.63) is 59.7 Å². The average molecular weight is 493 g/mol. The Kier molecular flexibility index (Phi) is 8.55. The van der Waals surface area contributed by atoms with Gasteiger partial charge in [-0.3, -0.25) is 9.59 Å². The lowest BCUT2D eigenvalue weighted by atomic mass is 9.73. The van der Waals surface area contributed by atoms with Gasteiger partial charge in [-0.15, -0.1) is 0 Å². The molecule has 1 fully saturated rings. The Morgan fingerprint density at radius 1 is 1.08 bits per heavy atom. The van der Waals surface area contributed by atoms with E-state index in [4.69, 9.17) is 9.47 Å². The molecule has 2 aromatic carbocycles. The Bertz CT molecular complexity index is 1030. The highest BCUT2D eigenvalue weighted by Gasteiger charge is 2.42. The molecule has 0 saturated carbocycles. The molecule has 6 nitrogen and oxygen atoms in total. The van der Waals surface area contributed by atoms with E-state index in [0.717, 1.165) is 43.6 Å². The van der Waals surface area contributed by atoms with Crippen molar-refractivity contribution in [1.29, 1.82) is 0 Å². The summed E-state index contributed by atoms with van der Waals surface area (Å²) in [5.41, 5.74) is 1.45. The molecule has 0 aromatic heterocycles. The summed E-state index contributed by atoms with van der Waals surface area (Å²) in [6.45, 7) is 6.00. The Labute approximate surface area is 215 Å². The second-order valence-corrected chi connectivity index (χ2v) is 10.7. The molecule has 0 radical (unpaired) electrons. The number of aryl methyl sites for hydroxylation is 1. The van der Waals surface area contributed by atoms with Gasteiger partial charge in [0.05, 0.1) is 18.6 Å². The lowest BCUT2D eigenvalue weighted by Crippen LogP contribution is -2.53. The number of hydrogen-bond donors (Lipinski definition) is 1. The number of hydrogen-bond acceptors (Lipinski definition) is 4. The second kappa shape index (κ2) is 11.8. The number of para-hydroxylation sites is 1. The van der Waals surface area contributed by atoms with Crippen LogP contribution in [0.2, 0.25) is 0 Å². The summed E-state index contributed by atoms with van der Waals surface area (Å²) in [5, 5.41) is 3.36. The van der Waals surface area contributed by atoms with E-state index in [0.29, 0.717) is 44.0 Å². The summed E-state index contributed by atoms with van der Waals surface area (Å²) in [5.74, 6) is 2.26. The van der Waals surface area contributed by atoms with Crippen molar-refractivity contribution in [2.45, 2.75) is 64.8 Å². The molecule has 0 aliphatic carbocycles. The number of likely N-dealkylation sites (tertiary alicyclic amines) is 1. The fraction of sp³-hybridized carbons (Fsp3) is 0.533. The first kappa shape index (κ1) is 26.1. The van der Waals surface area contributed by atoms with E-state index < -0.39 is 5.41 Å². The van der Waals surface area contributed by atoms with Crippen LogP contribution in [0.4, 0.5) is 0 Å². The van der Waals surface area contributed by atoms with Crippen LogP contribution < -0.4 is 14.8 Å². The molecule has 194 valence electrons. The van der Waals surface area contributed by atoms with E-state index in [1.165, 1.54) is 5.56 Å². The monoisotopic (exact) mass is 492 g/mol. The maximum absolute atomic E-state index is 13.8. The smallest absolute Gasteiger partial charge is 0.253 e. The number of ether oxygens (including phenoxy) is 2. The van der Waals surface area contributed by atoms with Gasteiger partial charge in [0.15, 0.2) is 0 Å². The number of carbonyl (C=O) groups excluding carboxylic acids is 2. The summed E-state index contributed by atoms with van der Waals surface area (Å²) < 4.78 is 11.4. The Morgan fingerprint density at radius 2 is 1.81 bits per heavy atom. The Morgan fingerprint density at radius 3 is 2.50 bits per heavy atom. The van der Waals surface area contributed by atoms with Crippen molar-refractivity contribution in [3.63, 3.8) is 0 Å². The van der Waals surface area contributed by atoms with Crippen LogP contribution in [-0.2, 0) is 11.2 Å². The average Bonchev–Trinajstić information content (AvgIpc) is 2.89. The van der Waals surface area contributed by atoms with Gasteiger partial charge in [-0.05, 0) is 80.3 Å². The van der Waals surface area contributed by atoms with Crippen LogP contribution in [0.5, 0.6) is 11.5 Å². The number of nitrogens with zero attached hydrogens (tertiary/aromatic N) is 1. The molecule has 1 atom stereocenters. The molecule has 2 aromatic rings. The van der Waals surface area contributed by atoms with Gasteiger partial charge < -0.3 is 19.7 Å². The van der Waals surface area contributed by atoms with Crippen LogP contribution >= 0.6 is 0 Å². The normalized spacial score (nSPS) is 20.5. The fourth-order valence-electron chi connectivity index (χ4n) is 5.54. The van der Waals surface area contributed by atoms with Crippen molar-refractivity contribution >= 4 is 11.8 Å². The lowest BCUT2D eigenvalue weighted by Gasteiger charge is -2.42. The number of rotatable bonds is 4. The standard InChI is InChI=1S/C30H40N2O4/c1-22(2)20-25-21-36-27-10-5-4-8-23(27)9-6-7-15-30(29(34)31-25)16-18-32(19-17-30)28(33)24-11-13-26(35-3)14-12-24/h4-5,8,10-14,22,25H,6-7,9,15-21H2,1-3H3,(H,31,34)/t25-/m0/s1. The maximum Gasteiger partial charge on any atom is 0.253 e. The number of amides is 2. The molecule has 2 aliphatic heterocycles. The van der Waals surface area contributed by atoms with Crippen molar-refractivity contribution in [1.82, 2.24) is 10.2 Å². The summed E-state index contributed by atoms with van der Waals surface area (Å²) in [4.78, 5) is 28.8. The second-order valence-electron chi connectivity index (χ2n) is 10.7. The first-order chi connectivity index (χ1) is 17.4. The third-order valence-corrected chi connectivity index (χ3v) is 7.68. The quantitative estimate of drug-likeness (QED) is 0.633. The first-order valence-electron chi connectivity index (χ1n) is 13.4. The molecule has 1 spiro atoms. The zero-order valence-electron chi connectivity index (χ0n) is 21.9. The van der Waals surface area contributed by atoms with Crippen LogP contribution in [0, 0.1) is 11.3 Å². The predicted molar refractivity (Wildman–Crippen MR) is 141 cm³/mol. The van der Waals surface area contributed by atoms with E-state index in [-0.39, 0.29) is 17.9 Å². The minimum atomic E-state index is -0.440. The molecule has 36 heavy (non-hydrogen) atoms. The summed E-state index contributed by atoms with van der Waals surface area (Å²) >= 11 is 0. The number of benzene rings is 2. The number of piperidine rings is 1. The van der Waals surface area contributed by atoms with Gasteiger partial charge in [0.25, 0.3) is 5.91 Å². The highest BCUT2D eigenvalue weighted by atomic mass is 16.5. The minimum absolute atomic E-state index is 0.0174. The zero-order valence-corrected chi connectivity index (χ0v) is 21.9. The molecule has 4 rings (SSSR count). The van der Waals surface area contributed by atoms with Crippen molar-refractivity contribution in [3.8, 4) is 11.5 Å². The van der Waals surface area contributed by atoms with Crippen LogP contribution in [0.1, 0.15) is 68.3 Å². The van der Waals surface area contributed by atoms with E-state index in [1.807, 2.05) is 41.3 Å². The summed E-state index contributed by atoms with van der Waals surface area (Å²) in [6.07, 6.45) is 6.03. The van der Waals surface area contributed by atoms with E-state index in [1.54, 1.807) is 7.11 Å². The predicted octanol–water partition coefficient (Wildman–Crippen LogP) is 5.25. The third-order valence-electron chi connectivity index (χ3n) is 7.68. The van der Waals surface area contributed by atoms with Crippen LogP contribution in [0.3, 0.4) is 0 Å². The zero-order chi connectivity index (χ0) is 25.5. The lowest BCUT2D eigenvalue weighted by molar-refractivity contribution is -0.135. The topological polar surface area (TPSA) is 67.9 Å². The first-order valence-corrected chi connectivity index (χ1v) is 13.4. The minimum Gasteiger partial charge on any atom is -0.497 e. The van der Waals surface area contributed by atoms with Crippen molar-refractivity contribution in [2.24, 2.45) is 11.3 Å². The molecule has 2 amide bonds. The molecular weight excluding hydrogens is 452 g/mol. The van der Waals surface area contributed by atoms with Crippen LogP contribution in [-0.4, -0.2) is 49.6 Å². The van der Waals surface area contributed by atoms with Crippen LogP contribution in [0.25, 0.3) is 0 Å². The molecule has 2 heterocycles. The molecule has 0 bridgehead atoms. The summed E-state index contributed by atoms with van der Waals surface area (Å²) in [7, 11) is 1.62. The number of methoxy groups -OCH3 is 1. The SMILES string of the molecule is COc1ccc(C(=O)N2CCC3(CCCCc4ccccc4OC[C@H](CC(C)C)NC3=O)CC2)cc1. The van der Waals surface area contributed by atoms with Gasteiger partial charge in [0.1, 0.15) is 18.1 Å². The Balaban J connectivity index is 1.48. The fourth-order valence-corrected chi connectivity index (χ4v) is 5.54. The molecule has 2 aliphatic rings. The number of carbonyl (C=O) groups is 2. The van der Waals surface area contributed by atoms with E-state index in [2.05, 4.69) is 31.3 Å². The number of nitrogens with one attached hydrogen (secondary N) is 1. The third kappa shape index (κ3) is 6.21. The van der Waals surface area contributed by atoms with Gasteiger partial charge in [0, 0.05) is 18.7 Å².